The van der Waals surface area contributed by atoms with E-state index in [9.17, 15) is 5.11 Å². The van der Waals surface area contributed by atoms with Crippen LogP contribution in [0, 0.1) is 0 Å². The fraction of sp³-hybridized carbons (Fsp3) is 0.615. The summed E-state index contributed by atoms with van der Waals surface area (Å²) in [6.07, 6.45) is 11.1. The van der Waals surface area contributed by atoms with Crippen LogP contribution in [-0.4, -0.2) is 30.7 Å². The maximum atomic E-state index is 11.2. The van der Waals surface area contributed by atoms with Crippen LogP contribution >= 0.6 is 0 Å². The second kappa shape index (κ2) is 14.5. The maximum absolute atomic E-state index is 11.2. The van der Waals surface area contributed by atoms with Crippen molar-refractivity contribution >= 4 is 10.8 Å². The molecule has 0 atom stereocenters. The van der Waals surface area contributed by atoms with Crippen LogP contribution in [-0.2, 0) is 0 Å². The normalized spacial score (nSPS) is 11.3. The summed E-state index contributed by atoms with van der Waals surface area (Å²) in [7, 11) is 0. The van der Waals surface area contributed by atoms with Crippen LogP contribution in [0.3, 0.4) is 0 Å². The van der Waals surface area contributed by atoms with Crippen molar-refractivity contribution in [3.8, 4) is 5.75 Å². The fourth-order valence-corrected chi connectivity index (χ4v) is 3.84. The minimum absolute atomic E-state index is 0.100. The molecule has 0 unspecified atom stereocenters. The Kier molecular flexibility index (Phi) is 12.6. The van der Waals surface area contributed by atoms with E-state index in [1.165, 1.54) is 82.0 Å². The molecule has 0 aromatic heterocycles. The number of nitrogens with zero attached hydrogens (tertiary/aromatic N) is 1. The van der Waals surface area contributed by atoms with E-state index in [-0.39, 0.29) is 5.75 Å². The van der Waals surface area contributed by atoms with Crippen LogP contribution in [0.15, 0.2) is 42.5 Å². The Morgan fingerprint density at radius 1 is 0.607 bits per heavy atom. The van der Waals surface area contributed by atoms with Gasteiger partial charge in [0.05, 0.1) is 26.2 Å². The monoisotopic (exact) mass is 385 g/mol. The molecule has 0 radical (unpaired) electrons. The van der Waals surface area contributed by atoms with Gasteiger partial charge < -0.3 is 9.59 Å². The first kappa shape index (κ1) is 24.5. The van der Waals surface area contributed by atoms with Crippen molar-refractivity contribution < 1.29 is 9.59 Å². The van der Waals surface area contributed by atoms with Crippen LogP contribution in [0.25, 0.3) is 10.8 Å². The first-order chi connectivity index (χ1) is 13.6. The van der Waals surface area contributed by atoms with Crippen molar-refractivity contribution in [2.45, 2.75) is 79.1 Å². The lowest BCUT2D eigenvalue weighted by atomic mass is 10.1. The maximum Gasteiger partial charge on any atom is 0.0786 e. The zero-order valence-electron chi connectivity index (χ0n) is 18.9. The third-order valence-corrected chi connectivity index (χ3v) is 5.69. The summed E-state index contributed by atoms with van der Waals surface area (Å²) in [4.78, 5) is 0. The van der Waals surface area contributed by atoms with Crippen LogP contribution in [0.4, 0.5) is 0 Å². The molecular weight excluding hydrogens is 342 g/mol. The third-order valence-electron chi connectivity index (χ3n) is 5.69. The fourth-order valence-electron chi connectivity index (χ4n) is 3.84. The number of quaternary nitrogens is 1. The molecule has 0 saturated heterocycles. The van der Waals surface area contributed by atoms with Crippen LogP contribution in [0.1, 0.15) is 79.1 Å². The van der Waals surface area contributed by atoms with Gasteiger partial charge in [-0.05, 0) is 36.5 Å². The molecule has 2 rings (SSSR count). The summed E-state index contributed by atoms with van der Waals surface area (Å²) in [6, 6.07) is 12.9. The molecule has 0 heterocycles. The molecule has 0 aliphatic rings. The predicted octanol–water partition coefficient (Wildman–Crippen LogP) is 6.92. The average molecular weight is 386 g/mol. The van der Waals surface area contributed by atoms with E-state index >= 15 is 0 Å². The Labute approximate surface area is 174 Å². The van der Waals surface area contributed by atoms with Crippen molar-refractivity contribution in [1.29, 1.82) is 0 Å². The molecule has 0 spiro atoms. The Bertz CT molecular complexity index is 594. The molecule has 0 amide bonds. The molecule has 158 valence electrons. The van der Waals surface area contributed by atoms with Crippen LogP contribution < -0.4 is 5.11 Å². The molecule has 0 N–H and O–H groups in total. The standard InChI is InChI=1S/C16H36N.C10H8O/c1-5-9-13-17(14-10-6-2,15-11-7-3)16-12-8-4;11-10-7-3-5-8-4-1-2-6-9(8)10/h5-16H2,1-4H3;1-7,11H/q+1;/p-1. The van der Waals surface area contributed by atoms with Crippen molar-refractivity contribution in [3.63, 3.8) is 0 Å². The van der Waals surface area contributed by atoms with Crippen LogP contribution in [0.2, 0.25) is 0 Å². The summed E-state index contributed by atoms with van der Waals surface area (Å²) in [5.41, 5.74) is 0. The van der Waals surface area contributed by atoms with Gasteiger partial charge in [-0.3, -0.25) is 0 Å². The lowest BCUT2D eigenvalue weighted by Crippen LogP contribution is -2.50. The van der Waals surface area contributed by atoms with E-state index in [1.54, 1.807) is 12.1 Å². The van der Waals surface area contributed by atoms with Gasteiger partial charge in [-0.2, -0.15) is 0 Å². The summed E-state index contributed by atoms with van der Waals surface area (Å²) < 4.78 is 1.42. The zero-order valence-corrected chi connectivity index (χ0v) is 18.9. The third kappa shape index (κ3) is 8.65. The topological polar surface area (TPSA) is 23.1 Å². The van der Waals surface area contributed by atoms with Gasteiger partial charge in [-0.25, -0.2) is 0 Å². The van der Waals surface area contributed by atoms with Crippen molar-refractivity contribution in [1.82, 2.24) is 0 Å². The highest BCUT2D eigenvalue weighted by atomic mass is 16.3. The summed E-state index contributed by atoms with van der Waals surface area (Å²) >= 11 is 0. The number of hydrogen-bond donors (Lipinski definition) is 0. The highest BCUT2D eigenvalue weighted by molar-refractivity contribution is 5.87. The second-order valence-corrected chi connectivity index (χ2v) is 8.13. The van der Waals surface area contributed by atoms with E-state index in [0.29, 0.717) is 0 Å². The van der Waals surface area contributed by atoms with Crippen molar-refractivity contribution in [2.24, 2.45) is 0 Å². The number of rotatable bonds is 12. The van der Waals surface area contributed by atoms with Crippen LogP contribution in [0.5, 0.6) is 5.75 Å². The number of benzene rings is 2. The Morgan fingerprint density at radius 3 is 1.46 bits per heavy atom. The highest BCUT2D eigenvalue weighted by Gasteiger charge is 2.24. The SMILES string of the molecule is CCCC[N+](CCCC)(CCCC)CCCC.[O-]c1cccc2ccccc12. The highest BCUT2D eigenvalue weighted by Crippen LogP contribution is 2.20. The minimum Gasteiger partial charge on any atom is -0.872 e. The first-order valence-electron chi connectivity index (χ1n) is 11.6. The Balaban J connectivity index is 0.000000302. The molecule has 2 heteroatoms. The smallest absolute Gasteiger partial charge is 0.0786 e. The molecular formula is C26H43NO. The van der Waals surface area contributed by atoms with Crippen molar-refractivity contribution in [2.75, 3.05) is 26.2 Å². The van der Waals surface area contributed by atoms with Gasteiger partial charge >= 0.3 is 0 Å². The zero-order chi connectivity index (χ0) is 20.7. The van der Waals surface area contributed by atoms with E-state index in [2.05, 4.69) is 27.7 Å². The van der Waals surface area contributed by atoms with Gasteiger partial charge in [-0.1, -0.05) is 95.8 Å². The van der Waals surface area contributed by atoms with E-state index in [0.717, 1.165) is 10.8 Å². The molecule has 28 heavy (non-hydrogen) atoms. The lowest BCUT2D eigenvalue weighted by Gasteiger charge is -2.39. The summed E-state index contributed by atoms with van der Waals surface area (Å²) in [5.74, 6) is 0.100. The van der Waals surface area contributed by atoms with Gasteiger partial charge in [0.15, 0.2) is 0 Å². The first-order valence-corrected chi connectivity index (χ1v) is 11.6. The lowest BCUT2D eigenvalue weighted by molar-refractivity contribution is -0.929. The molecule has 0 bridgehead atoms. The molecule has 0 saturated carbocycles. The van der Waals surface area contributed by atoms with Gasteiger partial charge in [0.2, 0.25) is 0 Å². The Morgan fingerprint density at radius 2 is 1.04 bits per heavy atom. The van der Waals surface area contributed by atoms with Gasteiger partial charge in [-0.15, -0.1) is 5.75 Å². The second-order valence-electron chi connectivity index (χ2n) is 8.13. The van der Waals surface area contributed by atoms with E-state index in [1.807, 2.05) is 30.3 Å². The van der Waals surface area contributed by atoms with Gasteiger partial charge in [0.25, 0.3) is 0 Å². The summed E-state index contributed by atoms with van der Waals surface area (Å²) in [5, 5.41) is 13.0. The molecule has 0 fully saturated rings. The molecule has 0 aliphatic carbocycles. The van der Waals surface area contributed by atoms with E-state index < -0.39 is 0 Å². The van der Waals surface area contributed by atoms with E-state index in [4.69, 9.17) is 0 Å². The minimum atomic E-state index is 0.100. The molecule has 2 nitrogen and oxygen atoms in total. The quantitative estimate of drug-likeness (QED) is 0.364. The molecule has 2 aromatic carbocycles. The number of hydrogen-bond acceptors (Lipinski definition) is 1. The largest absolute Gasteiger partial charge is 0.872 e. The number of fused-ring (bicyclic) bond motifs is 1. The summed E-state index contributed by atoms with van der Waals surface area (Å²) in [6.45, 7) is 15.0. The van der Waals surface area contributed by atoms with Gasteiger partial charge in [0, 0.05) is 0 Å². The molecule has 2 aromatic rings. The average Bonchev–Trinajstić information content (AvgIpc) is 2.73. The van der Waals surface area contributed by atoms with Crippen molar-refractivity contribution in [3.05, 3.63) is 42.5 Å². The van der Waals surface area contributed by atoms with Gasteiger partial charge in [0.1, 0.15) is 0 Å². The Hall–Kier alpha value is -1.54. The predicted molar refractivity (Wildman–Crippen MR) is 123 cm³/mol. The molecule has 0 aliphatic heterocycles. The number of unbranched alkanes of at least 4 members (excludes halogenated alkanes) is 4.